The number of carbonyl (C=O) groups excluding carboxylic acids is 1. The molecule has 1 unspecified atom stereocenters. The van der Waals surface area contributed by atoms with Gasteiger partial charge in [0.2, 0.25) is 5.91 Å². The predicted octanol–water partition coefficient (Wildman–Crippen LogP) is 2.16. The summed E-state index contributed by atoms with van der Waals surface area (Å²) >= 11 is 0. The van der Waals surface area contributed by atoms with Gasteiger partial charge in [0, 0.05) is 44.6 Å². The number of nitrogens with zero attached hydrogens (tertiary/aromatic N) is 4. The Labute approximate surface area is 137 Å². The minimum atomic E-state index is -0.395. The predicted molar refractivity (Wildman–Crippen MR) is 88.6 cm³/mol. The lowest BCUT2D eigenvalue weighted by Crippen LogP contribution is -2.35. The van der Waals surface area contributed by atoms with Gasteiger partial charge in [-0.15, -0.1) is 12.3 Å². The zero-order valence-corrected chi connectivity index (χ0v) is 13.7. The average molecular weight is 313 g/mol. The van der Waals surface area contributed by atoms with Crippen LogP contribution in [-0.2, 0) is 4.79 Å². The highest BCUT2D eigenvalue weighted by Gasteiger charge is 2.39. The number of aromatic nitrogens is 1. The van der Waals surface area contributed by atoms with Crippen LogP contribution < -0.4 is 5.32 Å². The molecule has 1 atom stereocenters. The molecule has 1 N–H and O–H groups in total. The molecule has 0 aliphatic carbocycles. The molecule has 122 valence electrons. The van der Waals surface area contributed by atoms with E-state index >= 15 is 0 Å². The third kappa shape index (κ3) is 5.15. The van der Waals surface area contributed by atoms with Gasteiger partial charge in [0.15, 0.2) is 5.66 Å². The molecule has 6 nitrogen and oxygen atoms in total. The summed E-state index contributed by atoms with van der Waals surface area (Å²) < 4.78 is 0. The number of pyridine rings is 1. The van der Waals surface area contributed by atoms with E-state index in [9.17, 15) is 4.79 Å². The Morgan fingerprint density at radius 1 is 1.43 bits per heavy atom. The van der Waals surface area contributed by atoms with Crippen molar-refractivity contribution in [1.82, 2.24) is 15.2 Å². The summed E-state index contributed by atoms with van der Waals surface area (Å²) in [5.41, 5.74) is 0.684. The fourth-order valence-corrected chi connectivity index (χ4v) is 2.45. The van der Waals surface area contributed by atoms with Gasteiger partial charge in [-0.05, 0) is 25.7 Å². The molecule has 6 heteroatoms. The van der Waals surface area contributed by atoms with Gasteiger partial charge in [-0.25, -0.2) is 0 Å². The van der Waals surface area contributed by atoms with Crippen LogP contribution in [0.3, 0.4) is 0 Å². The topological polar surface area (TPSA) is 70.0 Å². The smallest absolute Gasteiger partial charge is 0.220 e. The van der Waals surface area contributed by atoms with Crippen molar-refractivity contribution < 1.29 is 4.79 Å². The van der Waals surface area contributed by atoms with Gasteiger partial charge < -0.3 is 10.2 Å². The van der Waals surface area contributed by atoms with E-state index in [4.69, 9.17) is 6.42 Å². The van der Waals surface area contributed by atoms with E-state index in [1.165, 1.54) is 0 Å². The van der Waals surface area contributed by atoms with Gasteiger partial charge in [-0.3, -0.25) is 9.78 Å². The van der Waals surface area contributed by atoms with Crippen LogP contribution >= 0.6 is 0 Å². The summed E-state index contributed by atoms with van der Waals surface area (Å²) in [6, 6.07) is 4.01. The van der Waals surface area contributed by atoms with Crippen molar-refractivity contribution in [3.8, 4) is 12.3 Å². The maximum atomic E-state index is 12.1. The second-order valence-electron chi connectivity index (χ2n) is 5.96. The number of rotatable bonds is 9. The second-order valence-corrected chi connectivity index (χ2v) is 5.96. The SMILES string of the molecule is C#CCCC1(CCC(=O)NCC(c2cccnc2)N(C)C)N=N1. The van der Waals surface area contributed by atoms with Gasteiger partial charge in [0.05, 0.1) is 6.04 Å². The molecule has 0 saturated carbocycles. The van der Waals surface area contributed by atoms with E-state index in [1.54, 1.807) is 6.20 Å². The fourth-order valence-electron chi connectivity index (χ4n) is 2.45. The lowest BCUT2D eigenvalue weighted by atomic mass is 10.0. The molecule has 1 amide bonds. The van der Waals surface area contributed by atoms with Crippen LogP contribution in [-0.4, -0.2) is 42.1 Å². The number of terminal acetylenes is 1. The molecule has 0 aromatic carbocycles. The minimum Gasteiger partial charge on any atom is -0.354 e. The molecule has 23 heavy (non-hydrogen) atoms. The molecule has 0 radical (unpaired) electrons. The van der Waals surface area contributed by atoms with E-state index in [-0.39, 0.29) is 11.9 Å². The van der Waals surface area contributed by atoms with Crippen LogP contribution in [0.1, 0.15) is 37.3 Å². The van der Waals surface area contributed by atoms with E-state index in [1.807, 2.05) is 32.4 Å². The molecule has 1 aromatic heterocycles. The van der Waals surface area contributed by atoms with Gasteiger partial charge in [-0.1, -0.05) is 6.07 Å². The van der Waals surface area contributed by atoms with E-state index in [0.29, 0.717) is 25.8 Å². The number of likely N-dealkylation sites (N-methyl/N-ethyl adjacent to an activating group) is 1. The van der Waals surface area contributed by atoms with Crippen LogP contribution in [0.4, 0.5) is 0 Å². The standard InChI is InChI=1S/C17H23N5O/c1-4-5-9-17(20-21-17)10-8-16(23)19-13-15(22(2)3)14-7-6-11-18-12-14/h1,6-7,11-12,15H,5,8-10,13H2,2-3H3,(H,19,23). The summed E-state index contributed by atoms with van der Waals surface area (Å²) in [7, 11) is 3.97. The number of hydrogen-bond donors (Lipinski definition) is 1. The molecule has 0 spiro atoms. The first kappa shape index (κ1) is 17.1. The lowest BCUT2D eigenvalue weighted by molar-refractivity contribution is -0.121. The highest BCUT2D eigenvalue weighted by Crippen LogP contribution is 2.37. The van der Waals surface area contributed by atoms with Crippen LogP contribution in [0.5, 0.6) is 0 Å². The fraction of sp³-hybridized carbons (Fsp3) is 0.529. The molecule has 0 fully saturated rings. The first-order valence-electron chi connectivity index (χ1n) is 7.77. The number of carbonyl (C=O) groups is 1. The van der Waals surface area contributed by atoms with E-state index in [2.05, 4.69) is 31.3 Å². The number of nitrogens with one attached hydrogen (secondary N) is 1. The van der Waals surface area contributed by atoms with E-state index < -0.39 is 5.66 Å². The van der Waals surface area contributed by atoms with Crippen molar-refractivity contribution in [1.29, 1.82) is 0 Å². The zero-order valence-electron chi connectivity index (χ0n) is 13.7. The van der Waals surface area contributed by atoms with Crippen molar-refractivity contribution in [2.75, 3.05) is 20.6 Å². The quantitative estimate of drug-likeness (QED) is 0.710. The summed E-state index contributed by atoms with van der Waals surface area (Å²) in [6.45, 7) is 0.545. The van der Waals surface area contributed by atoms with Crippen molar-refractivity contribution in [2.24, 2.45) is 10.2 Å². The van der Waals surface area contributed by atoms with Crippen molar-refractivity contribution in [3.05, 3.63) is 30.1 Å². The third-order valence-corrected chi connectivity index (χ3v) is 3.99. The zero-order chi connectivity index (χ0) is 16.7. The monoisotopic (exact) mass is 313 g/mol. The summed E-state index contributed by atoms with van der Waals surface area (Å²) in [4.78, 5) is 18.3. The third-order valence-electron chi connectivity index (χ3n) is 3.99. The Balaban J connectivity index is 1.78. The molecule has 1 aliphatic rings. The Morgan fingerprint density at radius 3 is 2.78 bits per heavy atom. The Kier molecular flexibility index (Phi) is 5.83. The molecule has 1 aromatic rings. The van der Waals surface area contributed by atoms with Gasteiger partial charge in [-0.2, -0.15) is 10.2 Å². The molecule has 2 heterocycles. The highest BCUT2D eigenvalue weighted by atomic mass is 16.1. The van der Waals surface area contributed by atoms with Crippen molar-refractivity contribution in [2.45, 2.75) is 37.4 Å². The van der Waals surface area contributed by atoms with Crippen LogP contribution in [0.2, 0.25) is 0 Å². The Hall–Kier alpha value is -2.26. The second kappa shape index (κ2) is 7.84. The molecule has 0 saturated heterocycles. The Morgan fingerprint density at radius 2 is 2.22 bits per heavy atom. The molecular weight excluding hydrogens is 290 g/mol. The van der Waals surface area contributed by atoms with Crippen LogP contribution in [0, 0.1) is 12.3 Å². The molecule has 2 rings (SSSR count). The van der Waals surface area contributed by atoms with Gasteiger partial charge in [0.1, 0.15) is 0 Å². The highest BCUT2D eigenvalue weighted by molar-refractivity contribution is 5.76. The maximum absolute atomic E-state index is 12.1. The first-order chi connectivity index (χ1) is 11.1. The summed E-state index contributed by atoms with van der Waals surface area (Å²) in [5.74, 6) is 2.60. The van der Waals surface area contributed by atoms with Crippen LogP contribution in [0.15, 0.2) is 34.8 Å². The van der Waals surface area contributed by atoms with Crippen molar-refractivity contribution in [3.63, 3.8) is 0 Å². The Bertz CT molecular complexity index is 585. The summed E-state index contributed by atoms with van der Waals surface area (Å²) in [5, 5.41) is 11.1. The summed E-state index contributed by atoms with van der Waals surface area (Å²) in [6.07, 6.45) is 11.2. The van der Waals surface area contributed by atoms with Gasteiger partial charge >= 0.3 is 0 Å². The molecule has 1 aliphatic heterocycles. The molecular formula is C17H23N5O. The maximum Gasteiger partial charge on any atom is 0.220 e. The average Bonchev–Trinajstić information content (AvgIpc) is 3.32. The van der Waals surface area contributed by atoms with Gasteiger partial charge in [0.25, 0.3) is 0 Å². The minimum absolute atomic E-state index is 0.0122. The van der Waals surface area contributed by atoms with Crippen LogP contribution in [0.25, 0.3) is 0 Å². The number of hydrogen-bond acceptors (Lipinski definition) is 5. The normalized spacial score (nSPS) is 15.9. The largest absolute Gasteiger partial charge is 0.354 e. The molecule has 0 bridgehead atoms. The first-order valence-corrected chi connectivity index (χ1v) is 7.77. The van der Waals surface area contributed by atoms with E-state index in [0.717, 1.165) is 12.0 Å². The number of amides is 1. The van der Waals surface area contributed by atoms with Crippen molar-refractivity contribution >= 4 is 5.91 Å². The lowest BCUT2D eigenvalue weighted by Gasteiger charge is -2.24.